The number of hydrogen-bond donors (Lipinski definition) is 2. The first-order valence-corrected chi connectivity index (χ1v) is 22.5. The third kappa shape index (κ3) is 8.54. The Hall–Kier alpha value is -5.40. The number of carbonyl (C=O) groups excluding carboxylic acids is 3. The van der Waals surface area contributed by atoms with E-state index < -0.39 is 50.7 Å². The highest BCUT2D eigenvalue weighted by Gasteiger charge is 2.63. The summed E-state index contributed by atoms with van der Waals surface area (Å²) in [6.07, 6.45) is 2.44. The molecule has 0 bridgehead atoms. The lowest BCUT2D eigenvalue weighted by Crippen LogP contribution is -2.57. The van der Waals surface area contributed by atoms with Gasteiger partial charge in [0, 0.05) is 48.8 Å². The molecule has 310 valence electrons. The molecule has 2 aliphatic carbocycles. The van der Waals surface area contributed by atoms with Gasteiger partial charge in [0.2, 0.25) is 15.9 Å². The van der Waals surface area contributed by atoms with Crippen molar-refractivity contribution in [2.45, 2.75) is 94.2 Å². The van der Waals surface area contributed by atoms with Crippen molar-refractivity contribution in [2.75, 3.05) is 27.3 Å². The minimum absolute atomic E-state index is 0.0680. The number of carbonyl (C=O) groups is 3. The number of hydrogen-bond acceptors (Lipinski definition) is 11. The van der Waals surface area contributed by atoms with Gasteiger partial charge in [0.25, 0.3) is 5.91 Å². The zero-order valence-electron chi connectivity index (χ0n) is 33.5. The topological polar surface area (TPSA) is 169 Å². The average molecular weight is 841 g/mol. The minimum atomic E-state index is -3.90. The first-order valence-electron chi connectivity index (χ1n) is 20.0. The van der Waals surface area contributed by atoms with E-state index in [0.29, 0.717) is 72.5 Å². The number of sulfonamides is 1. The van der Waals surface area contributed by atoms with E-state index >= 15 is 0 Å². The van der Waals surface area contributed by atoms with Crippen LogP contribution >= 0.6 is 11.3 Å². The summed E-state index contributed by atoms with van der Waals surface area (Å²) in [5.41, 5.74) is 1.53. The highest BCUT2D eigenvalue weighted by Crippen LogP contribution is 2.45. The van der Waals surface area contributed by atoms with Crippen LogP contribution in [0.5, 0.6) is 17.2 Å². The van der Waals surface area contributed by atoms with Gasteiger partial charge in [0.1, 0.15) is 45.6 Å². The minimum Gasteiger partial charge on any atom is -0.497 e. The molecule has 2 N–H and O–H groups in total. The fraction of sp³-hybridized carbons (Fsp3) is 0.465. The number of thiazole rings is 1. The summed E-state index contributed by atoms with van der Waals surface area (Å²) in [5, 5.41) is 5.74. The smallest absolute Gasteiger partial charge is 0.321 e. The summed E-state index contributed by atoms with van der Waals surface area (Å²) in [5.74, 6) is 6.37. The van der Waals surface area contributed by atoms with Crippen LogP contribution in [0.3, 0.4) is 0 Å². The molecule has 14 nitrogen and oxygen atoms in total. The van der Waals surface area contributed by atoms with Gasteiger partial charge >= 0.3 is 6.03 Å². The second kappa shape index (κ2) is 16.3. The van der Waals surface area contributed by atoms with Gasteiger partial charge in [-0.1, -0.05) is 31.9 Å². The van der Waals surface area contributed by atoms with Crippen LogP contribution in [-0.4, -0.2) is 96.3 Å². The molecule has 1 unspecified atom stereocenters. The van der Waals surface area contributed by atoms with Crippen LogP contribution in [0.2, 0.25) is 0 Å². The van der Waals surface area contributed by atoms with Crippen LogP contribution in [0.1, 0.15) is 76.0 Å². The molecule has 4 amide bonds. The Morgan fingerprint density at radius 1 is 1.05 bits per heavy atom. The molecule has 0 spiro atoms. The molecule has 3 fully saturated rings. The Bertz CT molecular complexity index is 2440. The summed E-state index contributed by atoms with van der Waals surface area (Å²) >= 11 is 1.49. The second-order valence-corrected chi connectivity index (χ2v) is 18.8. The van der Waals surface area contributed by atoms with E-state index in [1.165, 1.54) is 16.2 Å². The van der Waals surface area contributed by atoms with Crippen molar-refractivity contribution in [2.24, 2.45) is 5.92 Å². The molecule has 4 heterocycles. The Balaban J connectivity index is 1.14. The number of ether oxygens (including phenoxy) is 3. The first kappa shape index (κ1) is 40.4. The van der Waals surface area contributed by atoms with Crippen molar-refractivity contribution in [3.05, 3.63) is 65.2 Å². The first-order chi connectivity index (χ1) is 28.4. The summed E-state index contributed by atoms with van der Waals surface area (Å²) in [4.78, 5) is 56.2. The van der Waals surface area contributed by atoms with E-state index in [4.69, 9.17) is 24.2 Å². The third-order valence-electron chi connectivity index (χ3n) is 11.4. The number of aromatic nitrogens is 2. The Morgan fingerprint density at radius 2 is 1.81 bits per heavy atom. The quantitative estimate of drug-likeness (QED) is 0.181. The van der Waals surface area contributed by atoms with Crippen LogP contribution in [0.25, 0.3) is 21.6 Å². The maximum Gasteiger partial charge on any atom is 0.321 e. The van der Waals surface area contributed by atoms with Crippen molar-refractivity contribution < 1.29 is 37.0 Å². The number of urea groups is 1. The van der Waals surface area contributed by atoms with E-state index in [1.807, 2.05) is 53.9 Å². The van der Waals surface area contributed by atoms with Gasteiger partial charge in [0.15, 0.2) is 0 Å². The zero-order chi connectivity index (χ0) is 41.5. The normalized spacial score (nSPS) is 23.4. The molecule has 1 saturated heterocycles. The summed E-state index contributed by atoms with van der Waals surface area (Å²) < 4.78 is 45.7. The molecule has 4 aliphatic rings. The molecule has 4 atom stereocenters. The van der Waals surface area contributed by atoms with E-state index in [0.717, 1.165) is 16.3 Å². The van der Waals surface area contributed by atoms with E-state index in [2.05, 4.69) is 35.7 Å². The van der Waals surface area contributed by atoms with Gasteiger partial charge in [-0.2, -0.15) is 0 Å². The molecule has 2 saturated carbocycles. The number of fused-ring (bicyclic) bond motifs is 3. The van der Waals surface area contributed by atoms with Crippen molar-refractivity contribution in [3.63, 3.8) is 0 Å². The van der Waals surface area contributed by atoms with Crippen molar-refractivity contribution in [3.8, 4) is 39.8 Å². The number of benzene rings is 2. The largest absolute Gasteiger partial charge is 0.497 e. The number of amides is 4. The molecule has 0 radical (unpaired) electrons. The van der Waals surface area contributed by atoms with Gasteiger partial charge < -0.3 is 29.3 Å². The average Bonchev–Trinajstić information content (AvgIpc) is 4.10. The fourth-order valence-corrected chi connectivity index (χ4v) is 9.96. The van der Waals surface area contributed by atoms with Gasteiger partial charge in [-0.15, -0.1) is 17.3 Å². The highest BCUT2D eigenvalue weighted by atomic mass is 32.2. The predicted octanol–water partition coefficient (Wildman–Crippen LogP) is 5.61. The van der Waals surface area contributed by atoms with Crippen molar-refractivity contribution in [1.82, 2.24) is 29.8 Å². The number of pyridine rings is 1. The predicted molar refractivity (Wildman–Crippen MR) is 223 cm³/mol. The number of nitrogens with zero attached hydrogens (tertiary/aromatic N) is 4. The van der Waals surface area contributed by atoms with Crippen LogP contribution in [0, 0.1) is 17.8 Å². The summed E-state index contributed by atoms with van der Waals surface area (Å²) in [6.45, 7) is 4.94. The molecule has 2 aromatic carbocycles. The summed E-state index contributed by atoms with van der Waals surface area (Å²) in [7, 11) is -0.717. The molecule has 16 heteroatoms. The molecule has 2 aromatic heterocycles. The monoisotopic (exact) mass is 840 g/mol. The van der Waals surface area contributed by atoms with E-state index in [-0.39, 0.29) is 37.9 Å². The van der Waals surface area contributed by atoms with Crippen LogP contribution < -0.4 is 24.2 Å². The van der Waals surface area contributed by atoms with Crippen molar-refractivity contribution >= 4 is 50.1 Å². The Kier molecular flexibility index (Phi) is 11.2. The molecular formula is C43H48N6O8S2. The lowest BCUT2D eigenvalue weighted by atomic mass is 10.1. The lowest BCUT2D eigenvalue weighted by molar-refractivity contribution is -0.131. The Labute approximate surface area is 348 Å². The van der Waals surface area contributed by atoms with Gasteiger partial charge in [0.05, 0.1) is 43.1 Å². The lowest BCUT2D eigenvalue weighted by Gasteiger charge is -2.32. The number of nitrogens with one attached hydrogen (secondary N) is 2. The van der Waals surface area contributed by atoms with E-state index in [9.17, 15) is 22.8 Å². The standard InChI is InChI=1S/C43H48N6O8S2/c1-26(2)36-25-58-40(45-36)35-21-38(33-17-14-30(56-4)19-34(33)44-35)57-31-20-37-39(50)46-43(41(51)47-59(53,54)32-15-16-32)22-28(43)9-7-5-6-8-18-48(42(52)49(37)24-31)23-27-10-12-29(55-3)13-11-27/h10-14,17,19,21,25-26,28,31-32,37H,5-6,8,15-16,18,20,22-24H2,1-4H3,(H,46,50)(H,47,51)/t28-,31-,37?,43-/m1/s1. The summed E-state index contributed by atoms with van der Waals surface area (Å²) in [6, 6.07) is 13.5. The Morgan fingerprint density at radius 3 is 2.53 bits per heavy atom. The maximum absolute atomic E-state index is 14.8. The molecule has 4 aromatic rings. The van der Waals surface area contributed by atoms with Crippen molar-refractivity contribution in [1.29, 1.82) is 0 Å². The second-order valence-electron chi connectivity index (χ2n) is 16.0. The molecule has 59 heavy (non-hydrogen) atoms. The molecule has 8 rings (SSSR count). The van der Waals surface area contributed by atoms with Gasteiger partial charge in [-0.3, -0.25) is 14.3 Å². The van der Waals surface area contributed by atoms with Crippen LogP contribution in [0.4, 0.5) is 4.79 Å². The number of rotatable bonds is 11. The maximum atomic E-state index is 14.8. The SMILES string of the molecule is COc1ccc(CN2CCCCC#C[C@@H]3C[C@@]3(C(=O)NS(=O)(=O)C3CC3)NC(=O)C3C[C@@H](Oc4cc(-c5nc(C(C)C)cs5)nc5cc(OC)ccc45)CN3C2=O)cc1. The van der Waals surface area contributed by atoms with Gasteiger partial charge in [-0.25, -0.2) is 23.2 Å². The van der Waals surface area contributed by atoms with Crippen LogP contribution in [0.15, 0.2) is 53.9 Å². The fourth-order valence-electron chi connectivity index (χ4n) is 7.66. The van der Waals surface area contributed by atoms with E-state index in [1.54, 1.807) is 19.1 Å². The van der Waals surface area contributed by atoms with Gasteiger partial charge in [-0.05, 0) is 67.9 Å². The highest BCUT2D eigenvalue weighted by molar-refractivity contribution is 7.91. The third-order valence-corrected chi connectivity index (χ3v) is 14.1. The number of methoxy groups -OCH3 is 2. The molecular weight excluding hydrogens is 793 g/mol. The van der Waals surface area contributed by atoms with Crippen LogP contribution in [-0.2, 0) is 26.2 Å². The molecule has 2 aliphatic heterocycles. The zero-order valence-corrected chi connectivity index (χ0v) is 35.2.